The van der Waals surface area contributed by atoms with Gasteiger partial charge < -0.3 is 5.11 Å². The molecule has 1 heteroatoms. The van der Waals surface area contributed by atoms with Crippen molar-refractivity contribution in [2.45, 2.75) is 52.4 Å². The Morgan fingerprint density at radius 2 is 2.08 bits per heavy atom. The topological polar surface area (TPSA) is 20.2 Å². The third-order valence-electron chi connectivity index (χ3n) is 3.11. The average Bonchev–Trinajstić information content (AvgIpc) is 2.82. The molecule has 0 aromatic heterocycles. The van der Waals surface area contributed by atoms with Gasteiger partial charge in [-0.3, -0.25) is 0 Å². The molecule has 0 heterocycles. The average molecular weight is 170 g/mol. The number of hydrogen-bond donors (Lipinski definition) is 1. The van der Waals surface area contributed by atoms with E-state index in [9.17, 15) is 0 Å². The van der Waals surface area contributed by atoms with E-state index in [-0.39, 0.29) is 0 Å². The first-order valence-corrected chi connectivity index (χ1v) is 5.33. The first-order valence-electron chi connectivity index (χ1n) is 5.33. The second-order valence-electron chi connectivity index (χ2n) is 4.60. The normalized spacial score (nSPS) is 22.2. The summed E-state index contributed by atoms with van der Waals surface area (Å²) < 4.78 is 0. The highest BCUT2D eigenvalue weighted by atomic mass is 16.3. The summed E-state index contributed by atoms with van der Waals surface area (Å²) in [7, 11) is 0. The van der Waals surface area contributed by atoms with Crippen molar-refractivity contribution in [2.75, 3.05) is 6.61 Å². The lowest BCUT2D eigenvalue weighted by Gasteiger charge is -2.18. The largest absolute Gasteiger partial charge is 0.396 e. The van der Waals surface area contributed by atoms with Gasteiger partial charge >= 0.3 is 0 Å². The van der Waals surface area contributed by atoms with E-state index in [1.54, 1.807) is 0 Å². The van der Waals surface area contributed by atoms with Gasteiger partial charge in [0.05, 0.1) is 0 Å². The van der Waals surface area contributed by atoms with Gasteiger partial charge in [-0.1, -0.05) is 26.7 Å². The molecular weight excluding hydrogens is 148 g/mol. The van der Waals surface area contributed by atoms with Gasteiger partial charge in [0.1, 0.15) is 0 Å². The lowest BCUT2D eigenvalue weighted by molar-refractivity contribution is 0.202. The molecule has 12 heavy (non-hydrogen) atoms. The third kappa shape index (κ3) is 2.78. The molecule has 1 nitrogen and oxygen atoms in total. The van der Waals surface area contributed by atoms with Crippen molar-refractivity contribution in [1.82, 2.24) is 0 Å². The Labute approximate surface area is 76.2 Å². The number of aliphatic hydroxyl groups excluding tert-OH is 1. The van der Waals surface area contributed by atoms with Gasteiger partial charge in [-0.05, 0) is 37.0 Å². The first kappa shape index (κ1) is 10.0. The predicted octanol–water partition coefficient (Wildman–Crippen LogP) is 2.98. The van der Waals surface area contributed by atoms with E-state index < -0.39 is 0 Å². The molecule has 1 atom stereocenters. The van der Waals surface area contributed by atoms with E-state index >= 15 is 0 Å². The molecule has 1 rings (SSSR count). The molecule has 0 radical (unpaired) electrons. The van der Waals surface area contributed by atoms with Crippen LogP contribution in [0.4, 0.5) is 0 Å². The van der Waals surface area contributed by atoms with Crippen LogP contribution in [0.5, 0.6) is 0 Å². The Morgan fingerprint density at radius 1 is 1.42 bits per heavy atom. The first-order chi connectivity index (χ1) is 5.72. The van der Waals surface area contributed by atoms with Crippen LogP contribution >= 0.6 is 0 Å². The zero-order valence-electron chi connectivity index (χ0n) is 8.47. The van der Waals surface area contributed by atoms with Crippen LogP contribution in [-0.2, 0) is 0 Å². The summed E-state index contributed by atoms with van der Waals surface area (Å²) in [6.07, 6.45) is 8.17. The molecule has 1 N–H and O–H groups in total. The molecule has 1 aliphatic rings. The molecular formula is C11H22O. The quantitative estimate of drug-likeness (QED) is 0.649. The summed E-state index contributed by atoms with van der Waals surface area (Å²) in [5.41, 5.74) is 0.665. The Bertz CT molecular complexity index is 127. The molecule has 0 aromatic carbocycles. The summed E-state index contributed by atoms with van der Waals surface area (Å²) in [6, 6.07) is 0. The van der Waals surface area contributed by atoms with Crippen molar-refractivity contribution < 1.29 is 5.11 Å². The third-order valence-corrected chi connectivity index (χ3v) is 3.11. The van der Waals surface area contributed by atoms with E-state index in [0.29, 0.717) is 17.9 Å². The number of aliphatic hydroxyl groups is 1. The van der Waals surface area contributed by atoms with Crippen LogP contribution < -0.4 is 0 Å². The van der Waals surface area contributed by atoms with Gasteiger partial charge in [0.25, 0.3) is 0 Å². The fraction of sp³-hybridized carbons (Fsp3) is 1.00. The van der Waals surface area contributed by atoms with Crippen molar-refractivity contribution in [3.63, 3.8) is 0 Å². The monoisotopic (exact) mass is 170 g/mol. The van der Waals surface area contributed by atoms with Crippen LogP contribution in [-0.4, -0.2) is 11.7 Å². The maximum absolute atomic E-state index is 8.95. The highest BCUT2D eigenvalue weighted by molar-refractivity contribution is 4.93. The standard InChI is InChI=1S/C11H22O/c1-3-4-5-11(6-7-11)8-10(2)9-12/h10,12H,3-9H2,1-2H3. The van der Waals surface area contributed by atoms with E-state index in [1.807, 2.05) is 0 Å². The van der Waals surface area contributed by atoms with Gasteiger partial charge in [-0.25, -0.2) is 0 Å². The van der Waals surface area contributed by atoms with E-state index in [0.717, 1.165) is 0 Å². The Morgan fingerprint density at radius 3 is 2.50 bits per heavy atom. The van der Waals surface area contributed by atoms with Crippen LogP contribution in [0.15, 0.2) is 0 Å². The fourth-order valence-corrected chi connectivity index (χ4v) is 2.09. The van der Waals surface area contributed by atoms with Crippen LogP contribution in [0.25, 0.3) is 0 Å². The molecule has 1 unspecified atom stereocenters. The lowest BCUT2D eigenvalue weighted by Crippen LogP contribution is -2.10. The number of rotatable bonds is 6. The summed E-state index contributed by atoms with van der Waals surface area (Å²) in [5, 5.41) is 8.95. The van der Waals surface area contributed by atoms with Gasteiger partial charge in [0.2, 0.25) is 0 Å². The van der Waals surface area contributed by atoms with Crippen molar-refractivity contribution in [2.24, 2.45) is 11.3 Å². The summed E-state index contributed by atoms with van der Waals surface area (Å²) in [5.74, 6) is 0.518. The minimum Gasteiger partial charge on any atom is -0.396 e. The maximum atomic E-state index is 8.95. The van der Waals surface area contributed by atoms with Crippen LogP contribution in [0, 0.1) is 11.3 Å². The highest BCUT2D eigenvalue weighted by Gasteiger charge is 2.41. The summed E-state index contributed by atoms with van der Waals surface area (Å²) in [6.45, 7) is 4.78. The zero-order valence-corrected chi connectivity index (χ0v) is 8.47. The Hall–Kier alpha value is -0.0400. The molecule has 0 spiro atoms. The van der Waals surface area contributed by atoms with Crippen molar-refractivity contribution >= 4 is 0 Å². The molecule has 0 aliphatic heterocycles. The Kier molecular flexibility index (Phi) is 3.57. The van der Waals surface area contributed by atoms with Crippen molar-refractivity contribution in [1.29, 1.82) is 0 Å². The smallest absolute Gasteiger partial charge is 0.0456 e. The van der Waals surface area contributed by atoms with Gasteiger partial charge in [0, 0.05) is 6.61 Å². The second-order valence-corrected chi connectivity index (χ2v) is 4.60. The van der Waals surface area contributed by atoms with E-state index in [1.165, 1.54) is 38.5 Å². The van der Waals surface area contributed by atoms with Crippen LogP contribution in [0.1, 0.15) is 52.4 Å². The molecule has 0 aromatic rings. The number of unbranched alkanes of at least 4 members (excludes halogenated alkanes) is 1. The maximum Gasteiger partial charge on any atom is 0.0456 e. The fourth-order valence-electron chi connectivity index (χ4n) is 2.09. The van der Waals surface area contributed by atoms with Gasteiger partial charge in [-0.15, -0.1) is 0 Å². The molecule has 1 saturated carbocycles. The minimum absolute atomic E-state index is 0.369. The van der Waals surface area contributed by atoms with Crippen LogP contribution in [0.2, 0.25) is 0 Å². The van der Waals surface area contributed by atoms with E-state index in [4.69, 9.17) is 5.11 Å². The zero-order chi connectivity index (χ0) is 9.03. The van der Waals surface area contributed by atoms with Crippen molar-refractivity contribution in [3.8, 4) is 0 Å². The summed E-state index contributed by atoms with van der Waals surface area (Å²) >= 11 is 0. The van der Waals surface area contributed by atoms with E-state index in [2.05, 4.69) is 13.8 Å². The number of hydrogen-bond acceptors (Lipinski definition) is 1. The molecule has 1 aliphatic carbocycles. The van der Waals surface area contributed by atoms with Crippen molar-refractivity contribution in [3.05, 3.63) is 0 Å². The second kappa shape index (κ2) is 4.27. The predicted molar refractivity (Wildman–Crippen MR) is 52.1 cm³/mol. The molecule has 1 fully saturated rings. The van der Waals surface area contributed by atoms with Gasteiger partial charge in [0.15, 0.2) is 0 Å². The molecule has 72 valence electrons. The molecule has 0 bridgehead atoms. The summed E-state index contributed by atoms with van der Waals surface area (Å²) in [4.78, 5) is 0. The lowest BCUT2D eigenvalue weighted by atomic mass is 9.89. The van der Waals surface area contributed by atoms with Gasteiger partial charge in [-0.2, -0.15) is 0 Å². The SMILES string of the molecule is CCCCC1(CC(C)CO)CC1. The highest BCUT2D eigenvalue weighted by Crippen LogP contribution is 2.54. The van der Waals surface area contributed by atoms with Crippen LogP contribution in [0.3, 0.4) is 0 Å². The molecule has 0 saturated heterocycles. The Balaban J connectivity index is 2.20. The minimum atomic E-state index is 0.369. The molecule has 0 amide bonds.